The number of carbonyl (C=O) groups excluding carboxylic acids is 1. The Bertz CT molecular complexity index is 309. The van der Waals surface area contributed by atoms with Gasteiger partial charge in [-0.25, -0.2) is 4.79 Å². The Morgan fingerprint density at radius 3 is 3.00 bits per heavy atom. The Morgan fingerprint density at radius 1 is 1.69 bits per heavy atom. The summed E-state index contributed by atoms with van der Waals surface area (Å²) in [7, 11) is 0. The Hall–Kier alpha value is -1.77. The lowest BCUT2D eigenvalue weighted by atomic mass is 10.2. The Balaban J connectivity index is 2.58. The van der Waals surface area contributed by atoms with E-state index in [0.29, 0.717) is 5.56 Å². The van der Waals surface area contributed by atoms with Gasteiger partial charge in [-0.15, -0.1) is 0 Å². The molecule has 0 radical (unpaired) electrons. The topological polar surface area (TPSA) is 39.4 Å². The van der Waals surface area contributed by atoms with Crippen molar-refractivity contribution < 1.29 is 13.9 Å². The average molecular weight is 178 g/mol. The molecule has 0 amide bonds. The van der Waals surface area contributed by atoms with Crippen LogP contribution in [0.3, 0.4) is 0 Å². The summed E-state index contributed by atoms with van der Waals surface area (Å²) in [6.45, 7) is 7.20. The van der Waals surface area contributed by atoms with E-state index in [1.54, 1.807) is 6.07 Å². The van der Waals surface area contributed by atoms with E-state index in [4.69, 9.17) is 9.15 Å². The maximum absolute atomic E-state index is 11.2. The fourth-order valence-electron chi connectivity index (χ4n) is 0.776. The average Bonchev–Trinajstić information content (AvgIpc) is 2.65. The van der Waals surface area contributed by atoms with E-state index in [1.165, 1.54) is 18.6 Å². The molecule has 1 aromatic heterocycles. The van der Waals surface area contributed by atoms with Gasteiger partial charge in [-0.05, 0) is 6.07 Å². The molecule has 1 aromatic rings. The summed E-state index contributed by atoms with van der Waals surface area (Å²) in [4.78, 5) is 11.2. The first-order valence-corrected chi connectivity index (χ1v) is 3.75. The van der Waals surface area contributed by atoms with Crippen molar-refractivity contribution in [3.63, 3.8) is 0 Å². The Labute approximate surface area is 76.3 Å². The third-order valence-corrected chi connectivity index (χ3v) is 1.45. The van der Waals surface area contributed by atoms with Gasteiger partial charge in [0.25, 0.3) is 0 Å². The van der Waals surface area contributed by atoms with Crippen LogP contribution in [-0.2, 0) is 9.53 Å². The molecule has 0 spiro atoms. The summed E-state index contributed by atoms with van der Waals surface area (Å²) in [6.07, 6.45) is 4.42. The summed E-state index contributed by atoms with van der Waals surface area (Å²) < 4.78 is 9.58. The molecule has 0 fully saturated rings. The fraction of sp³-hybridized carbons (Fsp3) is 0.100. The first-order chi connectivity index (χ1) is 6.25. The maximum atomic E-state index is 11.2. The molecule has 0 unspecified atom stereocenters. The van der Waals surface area contributed by atoms with Gasteiger partial charge in [0.2, 0.25) is 0 Å². The predicted octanol–water partition coefficient (Wildman–Crippen LogP) is 2.02. The van der Waals surface area contributed by atoms with E-state index in [9.17, 15) is 4.79 Å². The number of carbonyl (C=O) groups is 1. The minimum absolute atomic E-state index is 0.190. The van der Waals surface area contributed by atoms with Crippen LogP contribution in [0.5, 0.6) is 0 Å². The van der Waals surface area contributed by atoms with Crippen LogP contribution in [0.2, 0.25) is 0 Å². The summed E-state index contributed by atoms with van der Waals surface area (Å²) in [5.74, 6) is -0.457. The van der Waals surface area contributed by atoms with Gasteiger partial charge in [0.1, 0.15) is 6.61 Å². The molecule has 0 aliphatic rings. The summed E-state index contributed by atoms with van der Waals surface area (Å²) in [5.41, 5.74) is 0.921. The fourth-order valence-corrected chi connectivity index (χ4v) is 0.776. The molecule has 13 heavy (non-hydrogen) atoms. The number of esters is 1. The smallest absolute Gasteiger partial charge is 0.338 e. The van der Waals surface area contributed by atoms with Crippen molar-refractivity contribution in [1.82, 2.24) is 0 Å². The number of hydrogen-bond donors (Lipinski definition) is 0. The second-order valence-corrected chi connectivity index (χ2v) is 2.38. The monoisotopic (exact) mass is 178 g/mol. The van der Waals surface area contributed by atoms with Gasteiger partial charge in [0.15, 0.2) is 0 Å². The van der Waals surface area contributed by atoms with Crippen LogP contribution in [0.15, 0.2) is 42.2 Å². The molecule has 0 aromatic carbocycles. The van der Waals surface area contributed by atoms with Gasteiger partial charge in [-0.1, -0.05) is 19.2 Å². The lowest BCUT2D eigenvalue weighted by Gasteiger charge is -2.01. The molecule has 0 saturated heterocycles. The lowest BCUT2D eigenvalue weighted by molar-refractivity contribution is -0.135. The van der Waals surface area contributed by atoms with Crippen molar-refractivity contribution in [3.05, 3.63) is 43.4 Å². The Morgan fingerprint density at radius 2 is 2.46 bits per heavy atom. The summed E-state index contributed by atoms with van der Waals surface area (Å²) >= 11 is 0. The molecular formula is C10H10O3. The number of hydrogen-bond acceptors (Lipinski definition) is 3. The van der Waals surface area contributed by atoms with Gasteiger partial charge in [0, 0.05) is 5.56 Å². The second-order valence-electron chi connectivity index (χ2n) is 2.38. The van der Waals surface area contributed by atoms with Crippen LogP contribution in [0.25, 0.3) is 5.57 Å². The molecule has 0 atom stereocenters. The van der Waals surface area contributed by atoms with Gasteiger partial charge in [-0.3, -0.25) is 0 Å². The molecule has 3 heteroatoms. The van der Waals surface area contributed by atoms with Crippen LogP contribution in [0.4, 0.5) is 0 Å². The predicted molar refractivity (Wildman–Crippen MR) is 48.9 cm³/mol. The maximum Gasteiger partial charge on any atom is 0.338 e. The Kier molecular flexibility index (Phi) is 3.09. The molecule has 0 aliphatic heterocycles. The van der Waals surface area contributed by atoms with E-state index in [1.807, 2.05) is 0 Å². The molecule has 3 nitrogen and oxygen atoms in total. The number of furan rings is 1. The molecule has 68 valence electrons. The lowest BCUT2D eigenvalue weighted by Crippen LogP contribution is -2.05. The standard InChI is InChI=1S/C10H10O3/c1-3-5-13-10(11)8(2)9-4-6-12-7-9/h3-4,6-7H,1-2,5H2. The van der Waals surface area contributed by atoms with Gasteiger partial charge in [-0.2, -0.15) is 0 Å². The zero-order chi connectivity index (χ0) is 9.68. The SMILES string of the molecule is C=CCOC(=O)C(=C)c1ccoc1. The van der Waals surface area contributed by atoms with E-state index < -0.39 is 5.97 Å². The van der Waals surface area contributed by atoms with Crippen LogP contribution in [-0.4, -0.2) is 12.6 Å². The molecule has 0 bridgehead atoms. The molecule has 0 aliphatic carbocycles. The van der Waals surface area contributed by atoms with E-state index in [-0.39, 0.29) is 12.2 Å². The van der Waals surface area contributed by atoms with Crippen molar-refractivity contribution >= 4 is 11.5 Å². The van der Waals surface area contributed by atoms with Crippen LogP contribution >= 0.6 is 0 Å². The zero-order valence-electron chi connectivity index (χ0n) is 7.16. The van der Waals surface area contributed by atoms with Crippen LogP contribution < -0.4 is 0 Å². The van der Waals surface area contributed by atoms with E-state index in [0.717, 1.165) is 0 Å². The molecular weight excluding hydrogens is 168 g/mol. The highest BCUT2D eigenvalue weighted by Crippen LogP contribution is 2.13. The second kappa shape index (κ2) is 4.30. The minimum atomic E-state index is -0.457. The highest BCUT2D eigenvalue weighted by Gasteiger charge is 2.10. The minimum Gasteiger partial charge on any atom is -0.472 e. The molecule has 1 heterocycles. The number of ether oxygens (including phenoxy) is 1. The normalized spacial score (nSPS) is 9.23. The quantitative estimate of drug-likeness (QED) is 0.402. The molecule has 1 rings (SSSR count). The van der Waals surface area contributed by atoms with Crippen molar-refractivity contribution in [2.45, 2.75) is 0 Å². The first-order valence-electron chi connectivity index (χ1n) is 3.75. The first kappa shape index (κ1) is 9.32. The van der Waals surface area contributed by atoms with E-state index >= 15 is 0 Å². The summed E-state index contributed by atoms with van der Waals surface area (Å²) in [6, 6.07) is 1.65. The third-order valence-electron chi connectivity index (χ3n) is 1.45. The number of rotatable bonds is 4. The highest BCUT2D eigenvalue weighted by atomic mass is 16.5. The van der Waals surface area contributed by atoms with Gasteiger partial charge >= 0.3 is 5.97 Å². The van der Waals surface area contributed by atoms with Gasteiger partial charge < -0.3 is 9.15 Å². The van der Waals surface area contributed by atoms with E-state index in [2.05, 4.69) is 13.2 Å². The highest BCUT2D eigenvalue weighted by molar-refractivity contribution is 6.15. The van der Waals surface area contributed by atoms with Crippen LogP contribution in [0.1, 0.15) is 5.56 Å². The van der Waals surface area contributed by atoms with Crippen LogP contribution in [0, 0.1) is 0 Å². The van der Waals surface area contributed by atoms with Gasteiger partial charge in [0.05, 0.1) is 18.1 Å². The van der Waals surface area contributed by atoms with Crippen molar-refractivity contribution in [2.24, 2.45) is 0 Å². The summed E-state index contributed by atoms with van der Waals surface area (Å²) in [5, 5.41) is 0. The third kappa shape index (κ3) is 2.33. The van der Waals surface area contributed by atoms with Crippen molar-refractivity contribution in [2.75, 3.05) is 6.61 Å². The molecule has 0 saturated carbocycles. The van der Waals surface area contributed by atoms with Crippen molar-refractivity contribution in [1.29, 1.82) is 0 Å². The van der Waals surface area contributed by atoms with Crippen molar-refractivity contribution in [3.8, 4) is 0 Å². The zero-order valence-corrected chi connectivity index (χ0v) is 7.16. The largest absolute Gasteiger partial charge is 0.472 e. The molecule has 0 N–H and O–H groups in total.